The maximum Gasteiger partial charge on any atom is 0.323 e. The molecule has 0 spiro atoms. The molecule has 0 saturated carbocycles. The molecule has 2 aromatic heterocycles. The molecule has 0 aliphatic heterocycles. The second-order valence-electron chi connectivity index (χ2n) is 6.71. The number of rotatable bonds is 4. The summed E-state index contributed by atoms with van der Waals surface area (Å²) < 4.78 is 15.7. The Kier molecular flexibility index (Phi) is 6.97. The van der Waals surface area contributed by atoms with Gasteiger partial charge in [0.2, 0.25) is 0 Å². The van der Waals surface area contributed by atoms with Gasteiger partial charge in [-0.05, 0) is 41.8 Å². The molecule has 0 aliphatic rings. The summed E-state index contributed by atoms with van der Waals surface area (Å²) in [6.07, 6.45) is 6.14. The van der Waals surface area contributed by atoms with Crippen LogP contribution in [0.1, 0.15) is 26.3 Å². The Balaban J connectivity index is 0.00000132. The number of benzene rings is 2. The number of anilines is 2. The number of hydrogen-bond acceptors (Lipinski definition) is 3. The zero-order valence-corrected chi connectivity index (χ0v) is 18.1. The molecule has 4 aromatic rings. The van der Waals surface area contributed by atoms with Gasteiger partial charge in [0, 0.05) is 29.9 Å². The highest BCUT2D eigenvalue weighted by Crippen LogP contribution is 2.28. The van der Waals surface area contributed by atoms with E-state index in [4.69, 9.17) is 0 Å². The zero-order valence-electron chi connectivity index (χ0n) is 18.1. The highest BCUT2D eigenvalue weighted by atomic mass is 19.1. The van der Waals surface area contributed by atoms with E-state index in [1.165, 1.54) is 6.07 Å². The normalized spacial score (nSPS) is 10.4. The van der Waals surface area contributed by atoms with Gasteiger partial charge >= 0.3 is 6.03 Å². The Bertz CT molecular complexity index is 1180. The van der Waals surface area contributed by atoms with Crippen LogP contribution in [-0.2, 0) is 13.5 Å². The van der Waals surface area contributed by atoms with Crippen molar-refractivity contribution in [1.82, 2.24) is 14.8 Å². The zero-order chi connectivity index (χ0) is 22.4. The largest absolute Gasteiger partial charge is 0.323 e. The molecule has 0 aliphatic carbocycles. The summed E-state index contributed by atoms with van der Waals surface area (Å²) in [5.74, 6) is -0.468. The monoisotopic (exact) mass is 419 g/mol. The molecule has 0 saturated heterocycles. The average Bonchev–Trinajstić information content (AvgIpc) is 3.18. The first-order chi connectivity index (χ1) is 15.0. The number of urea groups is 1. The molecule has 0 unspecified atom stereocenters. The molecule has 0 bridgehead atoms. The number of carbonyl (C=O) groups excluding carboxylic acids is 1. The van der Waals surface area contributed by atoms with Crippen molar-refractivity contribution >= 4 is 28.3 Å². The van der Waals surface area contributed by atoms with Crippen molar-refractivity contribution in [2.24, 2.45) is 7.05 Å². The van der Waals surface area contributed by atoms with Gasteiger partial charge in [0.1, 0.15) is 5.82 Å². The minimum atomic E-state index is -0.499. The van der Waals surface area contributed by atoms with Gasteiger partial charge in [0.05, 0.1) is 23.6 Å². The van der Waals surface area contributed by atoms with Crippen LogP contribution in [0.5, 0.6) is 0 Å². The quantitative estimate of drug-likeness (QED) is 0.426. The molecule has 4 rings (SSSR count). The number of aromatic nitrogens is 3. The molecule has 2 aromatic carbocycles. The number of fused-ring (bicyclic) bond motifs is 1. The molecule has 2 heterocycles. The van der Waals surface area contributed by atoms with Crippen molar-refractivity contribution in [3.05, 3.63) is 72.4 Å². The summed E-state index contributed by atoms with van der Waals surface area (Å²) in [4.78, 5) is 16.5. The number of pyridine rings is 1. The molecule has 7 heteroatoms. The smallest absolute Gasteiger partial charge is 0.308 e. The van der Waals surface area contributed by atoms with Crippen LogP contribution in [-0.4, -0.2) is 20.8 Å². The van der Waals surface area contributed by atoms with Gasteiger partial charge in [-0.15, -0.1) is 0 Å². The van der Waals surface area contributed by atoms with E-state index in [2.05, 4.69) is 20.7 Å². The van der Waals surface area contributed by atoms with Crippen molar-refractivity contribution in [2.45, 2.75) is 27.2 Å². The van der Waals surface area contributed by atoms with Gasteiger partial charge in [0.25, 0.3) is 0 Å². The van der Waals surface area contributed by atoms with Gasteiger partial charge in [-0.2, -0.15) is 5.10 Å². The highest BCUT2D eigenvalue weighted by molar-refractivity contribution is 6.00. The molecule has 6 nitrogen and oxygen atoms in total. The van der Waals surface area contributed by atoms with E-state index in [1.807, 2.05) is 46.1 Å². The fraction of sp³-hybridized carbons (Fsp3) is 0.208. The second kappa shape index (κ2) is 9.84. The maximum atomic E-state index is 13.9. The number of nitrogens with one attached hydrogen (secondary N) is 2. The van der Waals surface area contributed by atoms with Crippen molar-refractivity contribution in [3.63, 3.8) is 0 Å². The lowest BCUT2D eigenvalue weighted by Crippen LogP contribution is -2.20. The number of hydrogen-bond donors (Lipinski definition) is 2. The van der Waals surface area contributed by atoms with Crippen molar-refractivity contribution in [2.75, 3.05) is 10.6 Å². The van der Waals surface area contributed by atoms with Crippen LogP contribution < -0.4 is 10.6 Å². The van der Waals surface area contributed by atoms with Crippen LogP contribution in [0.25, 0.3) is 22.0 Å². The van der Waals surface area contributed by atoms with Crippen LogP contribution in [0.15, 0.2) is 61.1 Å². The maximum absolute atomic E-state index is 13.9. The van der Waals surface area contributed by atoms with E-state index in [-0.39, 0.29) is 5.69 Å². The molecule has 2 N–H and O–H groups in total. The molecule has 0 radical (unpaired) electrons. The number of amides is 2. The minimum Gasteiger partial charge on any atom is -0.308 e. The third-order valence-electron chi connectivity index (χ3n) is 4.82. The van der Waals surface area contributed by atoms with Crippen molar-refractivity contribution in [3.8, 4) is 11.1 Å². The van der Waals surface area contributed by atoms with E-state index in [9.17, 15) is 9.18 Å². The van der Waals surface area contributed by atoms with Crippen LogP contribution in [0, 0.1) is 5.82 Å². The van der Waals surface area contributed by atoms with Gasteiger partial charge in [-0.25, -0.2) is 9.18 Å². The van der Waals surface area contributed by atoms with Crippen LogP contribution >= 0.6 is 0 Å². The van der Waals surface area contributed by atoms with E-state index in [0.29, 0.717) is 5.69 Å². The number of carbonyl (C=O) groups is 1. The van der Waals surface area contributed by atoms with Crippen molar-refractivity contribution in [1.29, 1.82) is 0 Å². The summed E-state index contributed by atoms with van der Waals surface area (Å²) in [5.41, 5.74) is 4.58. The third kappa shape index (κ3) is 4.88. The number of aryl methyl sites for hydroxylation is 2. The number of nitrogens with zero attached hydrogens (tertiary/aromatic N) is 3. The summed E-state index contributed by atoms with van der Waals surface area (Å²) in [6, 6.07) is 11.6. The first-order valence-electron chi connectivity index (χ1n) is 10.3. The molecule has 31 heavy (non-hydrogen) atoms. The molecule has 0 atom stereocenters. The van der Waals surface area contributed by atoms with E-state index in [1.54, 1.807) is 41.3 Å². The lowest BCUT2D eigenvalue weighted by Gasteiger charge is -2.10. The summed E-state index contributed by atoms with van der Waals surface area (Å²) in [7, 11) is 1.87. The SMILES string of the molecule is CC.CCc1ccc(F)c(NC(=O)Nc2ccc(-c3cncc4c3cnn4C)cc2)c1. The molecular formula is C24H26FN5O. The van der Waals surface area contributed by atoms with Crippen molar-refractivity contribution < 1.29 is 9.18 Å². The van der Waals surface area contributed by atoms with Crippen LogP contribution in [0.2, 0.25) is 0 Å². The third-order valence-corrected chi connectivity index (χ3v) is 4.82. The Morgan fingerprint density at radius 2 is 1.77 bits per heavy atom. The summed E-state index contributed by atoms with van der Waals surface area (Å²) in [5, 5.41) is 10.6. The Hall–Kier alpha value is -3.74. The summed E-state index contributed by atoms with van der Waals surface area (Å²) >= 11 is 0. The Morgan fingerprint density at radius 3 is 2.48 bits per heavy atom. The topological polar surface area (TPSA) is 71.8 Å². The lowest BCUT2D eigenvalue weighted by molar-refractivity contribution is 0.262. The first kappa shape index (κ1) is 22.0. The molecule has 160 valence electrons. The predicted octanol–water partition coefficient (Wildman–Crippen LogP) is 6.01. The van der Waals surface area contributed by atoms with Crippen LogP contribution in [0.4, 0.5) is 20.6 Å². The summed E-state index contributed by atoms with van der Waals surface area (Å²) in [6.45, 7) is 5.97. The molecular weight excluding hydrogens is 393 g/mol. The van der Waals surface area contributed by atoms with Crippen LogP contribution in [0.3, 0.4) is 0 Å². The van der Waals surface area contributed by atoms with Gasteiger partial charge in [0.15, 0.2) is 0 Å². The number of halogens is 1. The standard InChI is InChI=1S/C22H20FN5O.C2H6/c1-3-14-4-9-19(23)20(10-14)27-22(29)26-16-7-5-15(6-8-16)17-11-24-13-21-18(17)12-25-28(21)2;1-2/h4-13H,3H2,1-2H3,(H2,26,27,29);1-2H3. The fourth-order valence-electron chi connectivity index (χ4n) is 3.20. The Morgan fingerprint density at radius 1 is 1.03 bits per heavy atom. The van der Waals surface area contributed by atoms with Gasteiger partial charge in [-0.1, -0.05) is 39.0 Å². The van der Waals surface area contributed by atoms with Gasteiger partial charge in [-0.3, -0.25) is 9.67 Å². The highest BCUT2D eigenvalue weighted by Gasteiger charge is 2.10. The van der Waals surface area contributed by atoms with Gasteiger partial charge < -0.3 is 10.6 Å². The molecule has 0 fully saturated rings. The van der Waals surface area contributed by atoms with E-state index < -0.39 is 11.8 Å². The van der Waals surface area contributed by atoms with E-state index >= 15 is 0 Å². The van der Waals surface area contributed by atoms with E-state index in [0.717, 1.165) is 34.0 Å². The Labute approximate surface area is 181 Å². The lowest BCUT2D eigenvalue weighted by atomic mass is 10.0. The predicted molar refractivity (Wildman–Crippen MR) is 124 cm³/mol. The average molecular weight is 420 g/mol. The fourth-order valence-corrected chi connectivity index (χ4v) is 3.20. The first-order valence-corrected chi connectivity index (χ1v) is 10.3. The molecule has 2 amide bonds. The minimum absolute atomic E-state index is 0.160. The second-order valence-corrected chi connectivity index (χ2v) is 6.71.